The number of carbonyl (C=O) groups is 1. The summed E-state index contributed by atoms with van der Waals surface area (Å²) >= 11 is 5.71. The molecule has 0 spiro atoms. The smallest absolute Gasteiger partial charge is 0.274 e. The van der Waals surface area contributed by atoms with E-state index in [1.807, 2.05) is 0 Å². The molecule has 2 N–H and O–H groups in total. The third kappa shape index (κ3) is 4.07. The van der Waals surface area contributed by atoms with Crippen LogP contribution in [0, 0.1) is 11.6 Å². The fourth-order valence-electron chi connectivity index (χ4n) is 2.00. The second-order valence-corrected chi connectivity index (χ2v) is 5.36. The van der Waals surface area contributed by atoms with Crippen LogP contribution in [0.15, 0.2) is 54.7 Å². The summed E-state index contributed by atoms with van der Waals surface area (Å²) in [4.78, 5) is 20.2. The number of nitrogens with zero attached hydrogens (tertiary/aromatic N) is 2. The van der Waals surface area contributed by atoms with E-state index in [0.717, 1.165) is 0 Å². The predicted octanol–water partition coefficient (Wildman–Crippen LogP) is 4.40. The van der Waals surface area contributed by atoms with Crippen molar-refractivity contribution in [3.63, 3.8) is 0 Å². The van der Waals surface area contributed by atoms with Gasteiger partial charge >= 0.3 is 0 Å². The largest absolute Gasteiger partial charge is 0.324 e. The summed E-state index contributed by atoms with van der Waals surface area (Å²) in [6.45, 7) is 0. The first kappa shape index (κ1) is 16.8. The fourth-order valence-corrected chi connectivity index (χ4v) is 2.18. The quantitative estimate of drug-likeness (QED) is 0.723. The lowest BCUT2D eigenvalue weighted by Crippen LogP contribution is -2.15. The molecule has 0 bridgehead atoms. The van der Waals surface area contributed by atoms with Crippen molar-refractivity contribution < 1.29 is 13.6 Å². The zero-order valence-electron chi connectivity index (χ0n) is 12.6. The third-order valence-electron chi connectivity index (χ3n) is 3.19. The standard InChI is InChI=1S/C17H11ClF2N4O/c18-11-9-10(5-6-12(11)19)22-17-21-8-7-15(24-17)16(25)23-14-4-2-1-3-13(14)20/h1-9H,(H,23,25)(H,21,22,24). The summed E-state index contributed by atoms with van der Waals surface area (Å²) in [6, 6.07) is 11.2. The van der Waals surface area contributed by atoms with Gasteiger partial charge < -0.3 is 10.6 Å². The Morgan fingerprint density at radius 1 is 1.04 bits per heavy atom. The van der Waals surface area contributed by atoms with Gasteiger partial charge in [0.15, 0.2) is 0 Å². The van der Waals surface area contributed by atoms with Crippen LogP contribution in [-0.4, -0.2) is 15.9 Å². The molecule has 0 aliphatic heterocycles. The highest BCUT2D eigenvalue weighted by atomic mass is 35.5. The molecule has 1 heterocycles. The molecular formula is C17H11ClF2N4O. The van der Waals surface area contributed by atoms with Crippen molar-refractivity contribution in [1.82, 2.24) is 9.97 Å². The Balaban J connectivity index is 1.77. The van der Waals surface area contributed by atoms with Crippen LogP contribution in [0.1, 0.15) is 10.5 Å². The van der Waals surface area contributed by atoms with Crippen molar-refractivity contribution in [2.24, 2.45) is 0 Å². The van der Waals surface area contributed by atoms with Crippen LogP contribution >= 0.6 is 11.6 Å². The van der Waals surface area contributed by atoms with Crippen LogP contribution in [0.2, 0.25) is 5.02 Å². The van der Waals surface area contributed by atoms with E-state index in [9.17, 15) is 13.6 Å². The Labute approximate surface area is 146 Å². The number of benzene rings is 2. The number of carbonyl (C=O) groups excluding carboxylic acids is 1. The summed E-state index contributed by atoms with van der Waals surface area (Å²) in [6.07, 6.45) is 1.37. The van der Waals surface area contributed by atoms with Gasteiger partial charge in [0.05, 0.1) is 10.7 Å². The number of hydrogen-bond donors (Lipinski definition) is 2. The Hall–Kier alpha value is -3.06. The molecule has 0 saturated heterocycles. The minimum atomic E-state index is -0.590. The molecule has 0 saturated carbocycles. The van der Waals surface area contributed by atoms with Gasteiger partial charge in [0.2, 0.25) is 5.95 Å². The first-order valence-corrected chi connectivity index (χ1v) is 7.52. The van der Waals surface area contributed by atoms with Crippen molar-refractivity contribution >= 4 is 34.8 Å². The Morgan fingerprint density at radius 3 is 2.60 bits per heavy atom. The molecule has 0 atom stereocenters. The molecule has 8 heteroatoms. The minimum absolute atomic E-state index is 0.0361. The minimum Gasteiger partial charge on any atom is -0.324 e. The van der Waals surface area contributed by atoms with Gasteiger partial charge in [0.25, 0.3) is 5.91 Å². The molecular weight excluding hydrogens is 350 g/mol. The average Bonchev–Trinajstić information content (AvgIpc) is 2.60. The van der Waals surface area contributed by atoms with E-state index in [1.165, 1.54) is 48.7 Å². The van der Waals surface area contributed by atoms with Gasteiger partial charge in [-0.2, -0.15) is 0 Å². The highest BCUT2D eigenvalue weighted by Crippen LogP contribution is 2.21. The van der Waals surface area contributed by atoms with Gasteiger partial charge in [0, 0.05) is 11.9 Å². The Kier molecular flexibility index (Phi) is 4.85. The third-order valence-corrected chi connectivity index (χ3v) is 3.48. The van der Waals surface area contributed by atoms with Crippen molar-refractivity contribution in [2.45, 2.75) is 0 Å². The fraction of sp³-hybridized carbons (Fsp3) is 0. The summed E-state index contributed by atoms with van der Waals surface area (Å²) < 4.78 is 26.8. The molecule has 0 aliphatic carbocycles. The number of hydrogen-bond acceptors (Lipinski definition) is 4. The number of rotatable bonds is 4. The first-order chi connectivity index (χ1) is 12.0. The second kappa shape index (κ2) is 7.23. The molecule has 3 rings (SSSR count). The van der Waals surface area contributed by atoms with Gasteiger partial charge in [-0.05, 0) is 36.4 Å². The monoisotopic (exact) mass is 360 g/mol. The number of halogens is 3. The SMILES string of the molecule is O=C(Nc1ccccc1F)c1ccnc(Nc2ccc(F)c(Cl)c2)n1. The van der Waals surface area contributed by atoms with Crippen molar-refractivity contribution in [3.05, 3.63) is 77.1 Å². The molecule has 25 heavy (non-hydrogen) atoms. The molecule has 0 aliphatic rings. The maximum Gasteiger partial charge on any atom is 0.274 e. The molecule has 1 amide bonds. The predicted molar refractivity (Wildman–Crippen MR) is 91.1 cm³/mol. The molecule has 126 valence electrons. The van der Waals surface area contributed by atoms with Crippen molar-refractivity contribution in [2.75, 3.05) is 10.6 Å². The van der Waals surface area contributed by atoms with Gasteiger partial charge in [0.1, 0.15) is 17.3 Å². The molecule has 3 aromatic rings. The lowest BCUT2D eigenvalue weighted by molar-refractivity contribution is 0.102. The lowest BCUT2D eigenvalue weighted by Gasteiger charge is -2.08. The maximum atomic E-state index is 13.6. The van der Waals surface area contributed by atoms with E-state index in [4.69, 9.17) is 11.6 Å². The molecule has 0 radical (unpaired) electrons. The topological polar surface area (TPSA) is 66.9 Å². The molecule has 1 aromatic heterocycles. The molecule has 0 fully saturated rings. The van der Waals surface area contributed by atoms with Gasteiger partial charge in [-0.15, -0.1) is 0 Å². The zero-order chi connectivity index (χ0) is 17.8. The number of nitrogens with one attached hydrogen (secondary N) is 2. The second-order valence-electron chi connectivity index (χ2n) is 4.95. The highest BCUT2D eigenvalue weighted by Gasteiger charge is 2.12. The van der Waals surface area contributed by atoms with E-state index in [1.54, 1.807) is 6.07 Å². The summed E-state index contributed by atoms with van der Waals surface area (Å²) in [5.74, 6) is -1.58. The summed E-state index contributed by atoms with van der Waals surface area (Å²) in [7, 11) is 0. The van der Waals surface area contributed by atoms with Gasteiger partial charge in [-0.3, -0.25) is 4.79 Å². The highest BCUT2D eigenvalue weighted by molar-refractivity contribution is 6.31. The van der Waals surface area contributed by atoms with Crippen molar-refractivity contribution in [1.29, 1.82) is 0 Å². The van der Waals surface area contributed by atoms with Crippen LogP contribution < -0.4 is 10.6 Å². The van der Waals surface area contributed by atoms with E-state index in [2.05, 4.69) is 20.6 Å². The summed E-state index contributed by atoms with van der Waals surface area (Å²) in [5, 5.41) is 5.19. The number of anilines is 3. The molecule has 5 nitrogen and oxygen atoms in total. The number of amides is 1. The molecule has 2 aromatic carbocycles. The average molecular weight is 361 g/mol. The van der Waals surface area contributed by atoms with Gasteiger partial charge in [-0.25, -0.2) is 18.7 Å². The van der Waals surface area contributed by atoms with Crippen LogP contribution in [0.3, 0.4) is 0 Å². The van der Waals surface area contributed by atoms with Gasteiger partial charge in [-0.1, -0.05) is 23.7 Å². The number of aromatic nitrogens is 2. The van der Waals surface area contributed by atoms with E-state index < -0.39 is 17.5 Å². The first-order valence-electron chi connectivity index (χ1n) is 7.14. The molecule has 0 unspecified atom stereocenters. The van der Waals surface area contributed by atoms with Crippen LogP contribution in [0.5, 0.6) is 0 Å². The van der Waals surface area contributed by atoms with E-state index >= 15 is 0 Å². The summed E-state index contributed by atoms with van der Waals surface area (Å²) in [5.41, 5.74) is 0.540. The van der Waals surface area contributed by atoms with E-state index in [-0.39, 0.29) is 22.4 Å². The normalized spacial score (nSPS) is 10.4. The lowest BCUT2D eigenvalue weighted by atomic mass is 10.3. The Morgan fingerprint density at radius 2 is 1.84 bits per heavy atom. The van der Waals surface area contributed by atoms with Crippen LogP contribution in [0.4, 0.5) is 26.1 Å². The van der Waals surface area contributed by atoms with Crippen molar-refractivity contribution in [3.8, 4) is 0 Å². The maximum absolute atomic E-state index is 13.6. The van der Waals surface area contributed by atoms with Crippen LogP contribution in [-0.2, 0) is 0 Å². The Bertz CT molecular complexity index is 936. The number of para-hydroxylation sites is 1. The van der Waals surface area contributed by atoms with Crippen LogP contribution in [0.25, 0.3) is 0 Å². The van der Waals surface area contributed by atoms with E-state index in [0.29, 0.717) is 5.69 Å². The zero-order valence-corrected chi connectivity index (χ0v) is 13.4.